The number of anilines is 1. The van der Waals surface area contributed by atoms with Crippen LogP contribution >= 0.6 is 23.1 Å². The molecule has 0 bridgehead atoms. The van der Waals surface area contributed by atoms with Gasteiger partial charge in [0.05, 0.1) is 6.10 Å². The zero-order chi connectivity index (χ0) is 14.1. The van der Waals surface area contributed by atoms with Crippen LogP contribution in [0.15, 0.2) is 4.34 Å². The number of nitrogens with one attached hydrogen (secondary N) is 1. The summed E-state index contributed by atoms with van der Waals surface area (Å²) in [5, 5.41) is 12.6. The Morgan fingerprint density at radius 1 is 1.32 bits per heavy atom. The van der Waals surface area contributed by atoms with Crippen molar-refractivity contribution in [1.29, 1.82) is 0 Å². The fraction of sp³-hybridized carbons (Fsp3) is 0.833. The first-order chi connectivity index (χ1) is 9.09. The fourth-order valence-corrected chi connectivity index (χ4v) is 3.02. The molecule has 19 heavy (non-hydrogen) atoms. The molecule has 1 rings (SSSR count). The summed E-state index contributed by atoms with van der Waals surface area (Å²) < 4.78 is 6.51. The lowest BCUT2D eigenvalue weighted by atomic mass is 10.4. The van der Waals surface area contributed by atoms with E-state index in [0.717, 1.165) is 41.3 Å². The zero-order valence-corrected chi connectivity index (χ0v) is 13.8. The van der Waals surface area contributed by atoms with E-state index >= 15 is 0 Å². The summed E-state index contributed by atoms with van der Waals surface area (Å²) in [4.78, 5) is 1.98. The Kier molecular flexibility index (Phi) is 8.36. The molecule has 0 spiro atoms. The van der Waals surface area contributed by atoms with Crippen LogP contribution in [0.4, 0.5) is 5.13 Å². The number of nitrogens with zero attached hydrogens (tertiary/aromatic N) is 3. The highest BCUT2D eigenvalue weighted by Crippen LogP contribution is 2.26. The summed E-state index contributed by atoms with van der Waals surface area (Å²) in [6, 6.07) is 0. The van der Waals surface area contributed by atoms with E-state index in [9.17, 15) is 0 Å². The highest BCUT2D eigenvalue weighted by atomic mass is 32.2. The van der Waals surface area contributed by atoms with Crippen molar-refractivity contribution < 1.29 is 4.74 Å². The summed E-state index contributed by atoms with van der Waals surface area (Å²) in [6.45, 7) is 6.96. The molecule has 1 heterocycles. The average Bonchev–Trinajstić information content (AvgIpc) is 2.81. The number of ether oxygens (including phenoxy) is 1. The summed E-state index contributed by atoms with van der Waals surface area (Å²) in [5.74, 6) is 1.02. The molecule has 1 aromatic heterocycles. The predicted octanol–water partition coefficient (Wildman–Crippen LogP) is 2.10. The van der Waals surface area contributed by atoms with Gasteiger partial charge in [-0.25, -0.2) is 0 Å². The highest BCUT2D eigenvalue weighted by Gasteiger charge is 2.05. The van der Waals surface area contributed by atoms with E-state index in [1.807, 2.05) is 19.0 Å². The van der Waals surface area contributed by atoms with Gasteiger partial charge in [0.25, 0.3) is 0 Å². The van der Waals surface area contributed by atoms with E-state index in [1.165, 1.54) is 0 Å². The first-order valence-electron chi connectivity index (χ1n) is 6.55. The average molecular weight is 304 g/mol. The molecule has 7 heteroatoms. The third-order valence-corrected chi connectivity index (χ3v) is 4.46. The second kappa shape index (κ2) is 9.52. The van der Waals surface area contributed by atoms with Crippen LogP contribution < -0.4 is 10.2 Å². The van der Waals surface area contributed by atoms with Gasteiger partial charge in [-0.3, -0.25) is 0 Å². The van der Waals surface area contributed by atoms with E-state index in [2.05, 4.69) is 29.4 Å². The number of hydrogen-bond acceptors (Lipinski definition) is 7. The van der Waals surface area contributed by atoms with Crippen molar-refractivity contribution in [3.05, 3.63) is 0 Å². The SMILES string of the molecule is CC(C)OCCCNCCSc1nnc(N(C)C)s1. The number of thioether (sulfide) groups is 1. The standard InChI is InChI=1S/C12H24N4OS2/c1-10(2)17-8-5-6-13-7-9-18-12-15-14-11(19-12)16(3)4/h10,13H,5-9H2,1-4H3. The van der Waals surface area contributed by atoms with Crippen molar-refractivity contribution >= 4 is 28.2 Å². The van der Waals surface area contributed by atoms with Gasteiger partial charge >= 0.3 is 0 Å². The van der Waals surface area contributed by atoms with Crippen LogP contribution in [0.5, 0.6) is 0 Å². The Morgan fingerprint density at radius 2 is 2.11 bits per heavy atom. The minimum atomic E-state index is 0.332. The van der Waals surface area contributed by atoms with Crippen LogP contribution in [0.25, 0.3) is 0 Å². The molecule has 0 aliphatic carbocycles. The Bertz CT molecular complexity index is 344. The summed E-state index contributed by atoms with van der Waals surface area (Å²) in [7, 11) is 3.96. The maximum atomic E-state index is 5.48. The van der Waals surface area contributed by atoms with Gasteiger partial charge in [0, 0.05) is 33.0 Å². The van der Waals surface area contributed by atoms with Crippen molar-refractivity contribution in [2.24, 2.45) is 0 Å². The van der Waals surface area contributed by atoms with Gasteiger partial charge in [0.15, 0.2) is 4.34 Å². The molecule has 0 radical (unpaired) electrons. The first-order valence-corrected chi connectivity index (χ1v) is 8.35. The van der Waals surface area contributed by atoms with Crippen LogP contribution in [0.3, 0.4) is 0 Å². The minimum Gasteiger partial charge on any atom is -0.379 e. The van der Waals surface area contributed by atoms with Crippen LogP contribution in [0, 0.1) is 0 Å². The number of rotatable bonds is 10. The molecule has 0 aliphatic rings. The van der Waals surface area contributed by atoms with Crippen molar-refractivity contribution in [2.45, 2.75) is 30.7 Å². The van der Waals surface area contributed by atoms with Gasteiger partial charge in [-0.05, 0) is 26.8 Å². The predicted molar refractivity (Wildman–Crippen MR) is 83.5 cm³/mol. The smallest absolute Gasteiger partial charge is 0.208 e. The second-order valence-electron chi connectivity index (χ2n) is 4.62. The lowest BCUT2D eigenvalue weighted by molar-refractivity contribution is 0.0772. The molecular weight excluding hydrogens is 280 g/mol. The van der Waals surface area contributed by atoms with E-state index in [1.54, 1.807) is 23.1 Å². The maximum Gasteiger partial charge on any atom is 0.208 e. The van der Waals surface area contributed by atoms with E-state index in [-0.39, 0.29) is 0 Å². The Morgan fingerprint density at radius 3 is 2.74 bits per heavy atom. The van der Waals surface area contributed by atoms with Gasteiger partial charge in [-0.15, -0.1) is 10.2 Å². The summed E-state index contributed by atoms with van der Waals surface area (Å²) in [6.07, 6.45) is 1.39. The molecule has 0 fully saturated rings. The lowest BCUT2D eigenvalue weighted by Gasteiger charge is -2.07. The largest absolute Gasteiger partial charge is 0.379 e. The quantitative estimate of drug-likeness (QED) is 0.528. The van der Waals surface area contributed by atoms with E-state index in [4.69, 9.17) is 4.74 Å². The van der Waals surface area contributed by atoms with Crippen LogP contribution in [0.2, 0.25) is 0 Å². The Hall–Kier alpha value is -0.370. The Labute approximate surface area is 124 Å². The van der Waals surface area contributed by atoms with Gasteiger partial charge < -0.3 is 15.0 Å². The van der Waals surface area contributed by atoms with E-state index < -0.39 is 0 Å². The molecule has 0 atom stereocenters. The molecule has 5 nitrogen and oxygen atoms in total. The lowest BCUT2D eigenvalue weighted by Crippen LogP contribution is -2.20. The normalized spacial score (nSPS) is 11.2. The minimum absolute atomic E-state index is 0.332. The number of hydrogen-bond donors (Lipinski definition) is 1. The molecule has 1 aromatic rings. The fourth-order valence-electron chi connectivity index (χ4n) is 1.29. The molecule has 0 saturated heterocycles. The van der Waals surface area contributed by atoms with Gasteiger partial charge in [-0.2, -0.15) is 0 Å². The van der Waals surface area contributed by atoms with Crippen molar-refractivity contribution in [3.63, 3.8) is 0 Å². The topological polar surface area (TPSA) is 50.3 Å². The molecule has 0 aliphatic heterocycles. The first kappa shape index (κ1) is 16.7. The maximum absolute atomic E-state index is 5.48. The van der Waals surface area contributed by atoms with Gasteiger partial charge in [0.2, 0.25) is 5.13 Å². The van der Waals surface area contributed by atoms with Crippen LogP contribution in [0.1, 0.15) is 20.3 Å². The summed E-state index contributed by atoms with van der Waals surface area (Å²) in [5.41, 5.74) is 0. The molecule has 0 saturated carbocycles. The Balaban J connectivity index is 1.98. The summed E-state index contributed by atoms with van der Waals surface area (Å²) >= 11 is 3.39. The second-order valence-corrected chi connectivity index (χ2v) is 6.91. The molecular formula is C12H24N4OS2. The molecule has 110 valence electrons. The highest BCUT2D eigenvalue weighted by molar-refractivity contribution is 8.01. The van der Waals surface area contributed by atoms with Crippen molar-refractivity contribution in [3.8, 4) is 0 Å². The van der Waals surface area contributed by atoms with Gasteiger partial charge in [-0.1, -0.05) is 23.1 Å². The van der Waals surface area contributed by atoms with Crippen LogP contribution in [-0.2, 0) is 4.74 Å². The third kappa shape index (κ3) is 7.71. The van der Waals surface area contributed by atoms with Crippen LogP contribution in [-0.4, -0.2) is 55.8 Å². The molecule has 0 aromatic carbocycles. The monoisotopic (exact) mass is 304 g/mol. The molecule has 0 unspecified atom stereocenters. The number of aromatic nitrogens is 2. The third-order valence-electron chi connectivity index (χ3n) is 2.23. The van der Waals surface area contributed by atoms with E-state index in [0.29, 0.717) is 6.10 Å². The molecule has 1 N–H and O–H groups in total. The van der Waals surface area contributed by atoms with Gasteiger partial charge in [0.1, 0.15) is 0 Å². The van der Waals surface area contributed by atoms with Crippen molar-refractivity contribution in [1.82, 2.24) is 15.5 Å². The zero-order valence-electron chi connectivity index (χ0n) is 12.2. The van der Waals surface area contributed by atoms with Crippen molar-refractivity contribution in [2.75, 3.05) is 44.4 Å². The molecule has 0 amide bonds.